The molecule has 0 aliphatic heterocycles. The zero-order valence-electron chi connectivity index (χ0n) is 9.88. The number of carboxylic acids is 1. The van der Waals surface area contributed by atoms with Crippen LogP contribution in [0, 0.1) is 18.7 Å². The van der Waals surface area contributed by atoms with Gasteiger partial charge < -0.3 is 9.84 Å². The highest BCUT2D eigenvalue weighted by Crippen LogP contribution is 2.32. The monoisotopic (exact) mass is 260 g/mol. The minimum atomic E-state index is -0.912. The summed E-state index contributed by atoms with van der Waals surface area (Å²) in [5.74, 6) is -1.66. The van der Waals surface area contributed by atoms with Gasteiger partial charge in [0.2, 0.25) is 0 Å². The van der Waals surface area contributed by atoms with Crippen molar-refractivity contribution in [3.05, 3.63) is 28.0 Å². The molecule has 0 aliphatic rings. The number of carboxylic acid groups (broad SMARTS) is 1. The van der Waals surface area contributed by atoms with E-state index in [0.717, 1.165) is 0 Å². The summed E-state index contributed by atoms with van der Waals surface area (Å²) in [6, 6.07) is 1.42. The molecule has 0 spiro atoms. The molecular formula is C12H14ClFO3. The van der Waals surface area contributed by atoms with Crippen LogP contribution in [0.1, 0.15) is 18.1 Å². The van der Waals surface area contributed by atoms with E-state index in [1.165, 1.54) is 13.2 Å². The van der Waals surface area contributed by atoms with Gasteiger partial charge in [-0.05, 0) is 25.0 Å². The Morgan fingerprint density at radius 1 is 1.65 bits per heavy atom. The molecule has 5 heteroatoms. The Labute approximate surface area is 104 Å². The Morgan fingerprint density at radius 2 is 2.24 bits per heavy atom. The van der Waals surface area contributed by atoms with Gasteiger partial charge in [0, 0.05) is 5.56 Å². The SMILES string of the molecule is COc1c(CC(C)C(=O)O)cc(Cl)c(F)c1C. The summed E-state index contributed by atoms with van der Waals surface area (Å²) in [6.45, 7) is 3.13. The van der Waals surface area contributed by atoms with Crippen LogP contribution >= 0.6 is 11.6 Å². The topological polar surface area (TPSA) is 46.5 Å². The van der Waals surface area contributed by atoms with Crippen LogP contribution in [-0.4, -0.2) is 18.2 Å². The van der Waals surface area contributed by atoms with Gasteiger partial charge in [-0.2, -0.15) is 0 Å². The summed E-state index contributed by atoms with van der Waals surface area (Å²) in [4.78, 5) is 10.8. The molecule has 0 fully saturated rings. The molecule has 0 aromatic heterocycles. The van der Waals surface area contributed by atoms with Gasteiger partial charge in [0.15, 0.2) is 0 Å². The van der Waals surface area contributed by atoms with Crippen molar-refractivity contribution in [1.29, 1.82) is 0 Å². The predicted molar refractivity (Wildman–Crippen MR) is 63.2 cm³/mol. The highest BCUT2D eigenvalue weighted by Gasteiger charge is 2.19. The van der Waals surface area contributed by atoms with Gasteiger partial charge in [-0.1, -0.05) is 18.5 Å². The molecule has 1 rings (SSSR count). The van der Waals surface area contributed by atoms with Crippen molar-refractivity contribution in [2.24, 2.45) is 5.92 Å². The molecule has 3 nitrogen and oxygen atoms in total. The molecular weight excluding hydrogens is 247 g/mol. The number of methoxy groups -OCH3 is 1. The van der Waals surface area contributed by atoms with E-state index in [1.54, 1.807) is 13.8 Å². The molecule has 1 N–H and O–H groups in total. The number of hydrogen-bond donors (Lipinski definition) is 1. The second kappa shape index (κ2) is 5.36. The minimum absolute atomic E-state index is 0.0177. The molecule has 1 aromatic rings. The molecule has 1 aromatic carbocycles. The Hall–Kier alpha value is -1.29. The maximum atomic E-state index is 13.5. The first-order valence-corrected chi connectivity index (χ1v) is 5.50. The summed E-state index contributed by atoms with van der Waals surface area (Å²) < 4.78 is 18.6. The van der Waals surface area contributed by atoms with E-state index in [1.807, 2.05) is 0 Å². The first kappa shape index (κ1) is 13.8. The standard InChI is InChI=1S/C12H14ClFO3/c1-6(12(15)16)4-8-5-9(13)10(14)7(2)11(8)17-3/h5-6H,4H2,1-3H3,(H,15,16). The molecule has 0 saturated heterocycles. The van der Waals surface area contributed by atoms with Crippen LogP contribution in [0.4, 0.5) is 4.39 Å². The summed E-state index contributed by atoms with van der Waals surface area (Å²) >= 11 is 5.73. The van der Waals surface area contributed by atoms with Gasteiger partial charge in [0.1, 0.15) is 11.6 Å². The summed E-state index contributed by atoms with van der Waals surface area (Å²) in [5, 5.41) is 8.83. The fraction of sp³-hybridized carbons (Fsp3) is 0.417. The quantitative estimate of drug-likeness (QED) is 0.905. The van der Waals surface area contributed by atoms with Gasteiger partial charge >= 0.3 is 5.97 Å². The summed E-state index contributed by atoms with van der Waals surface area (Å²) in [6.07, 6.45) is 0.249. The number of rotatable bonds is 4. The van der Waals surface area contributed by atoms with Crippen molar-refractivity contribution in [1.82, 2.24) is 0 Å². The van der Waals surface area contributed by atoms with Crippen molar-refractivity contribution in [2.75, 3.05) is 7.11 Å². The predicted octanol–water partition coefficient (Wildman–Crippen LogP) is 3.06. The van der Waals surface area contributed by atoms with Crippen LogP contribution < -0.4 is 4.74 Å². The Kier molecular flexibility index (Phi) is 4.34. The first-order valence-electron chi connectivity index (χ1n) is 5.12. The highest BCUT2D eigenvalue weighted by molar-refractivity contribution is 6.31. The fourth-order valence-electron chi connectivity index (χ4n) is 1.65. The molecule has 1 atom stereocenters. The molecule has 0 bridgehead atoms. The number of halogens is 2. The largest absolute Gasteiger partial charge is 0.496 e. The van der Waals surface area contributed by atoms with Crippen LogP contribution in [0.3, 0.4) is 0 Å². The Bertz CT molecular complexity index is 446. The molecule has 17 heavy (non-hydrogen) atoms. The molecule has 0 amide bonds. The van der Waals surface area contributed by atoms with Gasteiger partial charge in [-0.15, -0.1) is 0 Å². The van der Waals surface area contributed by atoms with E-state index in [9.17, 15) is 9.18 Å². The number of benzene rings is 1. The average molecular weight is 261 g/mol. The van der Waals surface area contributed by atoms with E-state index < -0.39 is 17.7 Å². The van der Waals surface area contributed by atoms with Crippen LogP contribution in [0.5, 0.6) is 5.75 Å². The smallest absolute Gasteiger partial charge is 0.306 e. The van der Waals surface area contributed by atoms with Gasteiger partial charge in [0.25, 0.3) is 0 Å². The van der Waals surface area contributed by atoms with E-state index >= 15 is 0 Å². The van der Waals surface area contributed by atoms with E-state index in [0.29, 0.717) is 16.9 Å². The Morgan fingerprint density at radius 3 is 2.71 bits per heavy atom. The lowest BCUT2D eigenvalue weighted by atomic mass is 9.98. The second-order valence-corrected chi connectivity index (χ2v) is 4.34. The van der Waals surface area contributed by atoms with Crippen molar-refractivity contribution < 1.29 is 19.0 Å². The lowest BCUT2D eigenvalue weighted by Crippen LogP contribution is -2.13. The fourth-order valence-corrected chi connectivity index (χ4v) is 1.93. The zero-order valence-corrected chi connectivity index (χ0v) is 10.6. The van der Waals surface area contributed by atoms with Crippen molar-refractivity contribution >= 4 is 17.6 Å². The molecule has 1 unspecified atom stereocenters. The van der Waals surface area contributed by atoms with Gasteiger partial charge in [0.05, 0.1) is 18.1 Å². The summed E-state index contributed by atoms with van der Waals surface area (Å²) in [7, 11) is 1.42. The molecule has 0 heterocycles. The highest BCUT2D eigenvalue weighted by atomic mass is 35.5. The van der Waals surface area contributed by atoms with E-state index in [2.05, 4.69) is 0 Å². The van der Waals surface area contributed by atoms with Crippen LogP contribution in [0.2, 0.25) is 5.02 Å². The minimum Gasteiger partial charge on any atom is -0.496 e. The molecule has 0 aliphatic carbocycles. The molecule has 0 radical (unpaired) electrons. The van der Waals surface area contributed by atoms with Crippen LogP contribution in [-0.2, 0) is 11.2 Å². The van der Waals surface area contributed by atoms with Crippen LogP contribution in [0.25, 0.3) is 0 Å². The number of ether oxygens (including phenoxy) is 1. The lowest BCUT2D eigenvalue weighted by Gasteiger charge is -2.15. The number of hydrogen-bond acceptors (Lipinski definition) is 2. The molecule has 0 saturated carbocycles. The normalized spacial score (nSPS) is 12.3. The van der Waals surface area contributed by atoms with Crippen molar-refractivity contribution in [2.45, 2.75) is 20.3 Å². The van der Waals surface area contributed by atoms with Crippen molar-refractivity contribution in [3.63, 3.8) is 0 Å². The second-order valence-electron chi connectivity index (χ2n) is 3.93. The number of aliphatic carboxylic acids is 1. The summed E-state index contributed by atoms with van der Waals surface area (Å²) in [5.41, 5.74) is 0.902. The van der Waals surface area contributed by atoms with Gasteiger partial charge in [-0.25, -0.2) is 4.39 Å². The molecule has 94 valence electrons. The van der Waals surface area contributed by atoms with Crippen molar-refractivity contribution in [3.8, 4) is 5.75 Å². The Balaban J connectivity index is 3.19. The number of carbonyl (C=O) groups is 1. The average Bonchev–Trinajstić information content (AvgIpc) is 2.26. The van der Waals surface area contributed by atoms with E-state index in [-0.39, 0.29) is 11.4 Å². The maximum Gasteiger partial charge on any atom is 0.306 e. The van der Waals surface area contributed by atoms with Crippen LogP contribution in [0.15, 0.2) is 6.07 Å². The third-order valence-corrected chi connectivity index (χ3v) is 2.90. The third kappa shape index (κ3) is 2.88. The van der Waals surface area contributed by atoms with E-state index in [4.69, 9.17) is 21.4 Å². The van der Waals surface area contributed by atoms with Gasteiger partial charge in [-0.3, -0.25) is 4.79 Å². The first-order chi connectivity index (χ1) is 7.88. The lowest BCUT2D eigenvalue weighted by molar-refractivity contribution is -0.141. The maximum absolute atomic E-state index is 13.5. The third-order valence-electron chi connectivity index (χ3n) is 2.62. The zero-order chi connectivity index (χ0) is 13.2.